The van der Waals surface area contributed by atoms with Crippen molar-refractivity contribution < 1.29 is 21.1 Å². The standard InChI is InChI=1S/C37H27N3.Pt/c1-3-4-12-31-25-38-36(21-27(31)2)29-15-10-19-34(22-29)40(33-17-6-5-7-18-33)35-20-11-16-30(23-35)37-24-28-13-8-9-14-32(28)26-39-37;/h3-21,24-26H,1H2,2H3;/q-2;+2/b12-4-;. The summed E-state index contributed by atoms with van der Waals surface area (Å²) in [5.41, 5.74) is 8.65. The van der Waals surface area contributed by atoms with Gasteiger partial charge >= 0.3 is 21.1 Å². The molecule has 200 valence electrons. The molecule has 0 radical (unpaired) electrons. The quantitative estimate of drug-likeness (QED) is 0.122. The van der Waals surface area contributed by atoms with Crippen LogP contribution in [0.1, 0.15) is 11.1 Å². The number of aryl methyl sites for hydroxylation is 1. The summed E-state index contributed by atoms with van der Waals surface area (Å²) in [6.45, 7) is 5.85. The molecule has 0 aliphatic heterocycles. The molecular weight excluding hydrogens is 682 g/mol. The molecule has 4 aromatic carbocycles. The predicted octanol–water partition coefficient (Wildman–Crippen LogP) is 9.54. The second-order valence-corrected chi connectivity index (χ2v) is 9.51. The van der Waals surface area contributed by atoms with E-state index in [2.05, 4.69) is 91.2 Å². The van der Waals surface area contributed by atoms with Gasteiger partial charge in [-0.3, -0.25) is 0 Å². The van der Waals surface area contributed by atoms with E-state index in [4.69, 9.17) is 9.97 Å². The first-order chi connectivity index (χ1) is 19.7. The number of pyridine rings is 2. The number of hydrogen-bond acceptors (Lipinski definition) is 3. The van der Waals surface area contributed by atoms with E-state index in [9.17, 15) is 0 Å². The maximum absolute atomic E-state index is 4.74. The molecule has 0 bridgehead atoms. The van der Waals surface area contributed by atoms with Crippen molar-refractivity contribution in [3.8, 4) is 22.5 Å². The maximum Gasteiger partial charge on any atom is 2.00 e. The van der Waals surface area contributed by atoms with Gasteiger partial charge in [-0.25, -0.2) is 0 Å². The minimum atomic E-state index is 0. The molecule has 0 N–H and O–H groups in total. The summed E-state index contributed by atoms with van der Waals surface area (Å²) < 4.78 is 0. The smallest absolute Gasteiger partial charge is 0.346 e. The molecule has 0 saturated heterocycles. The van der Waals surface area contributed by atoms with Crippen molar-refractivity contribution in [2.45, 2.75) is 6.92 Å². The first-order valence-corrected chi connectivity index (χ1v) is 13.2. The molecule has 2 aromatic heterocycles. The maximum atomic E-state index is 4.74. The van der Waals surface area contributed by atoms with Crippen LogP contribution in [0.25, 0.3) is 39.4 Å². The molecule has 0 aliphatic carbocycles. The number of anilines is 3. The van der Waals surface area contributed by atoms with E-state index in [-0.39, 0.29) is 21.1 Å². The SMILES string of the molecule is C=C/C=C\c1cnc(-c2[c-]c(N(c3[c-]c(-c4cc5ccccc5cn4)ccc3)c3ccccc3)ccc2)cc1C.[Pt+2]. The zero-order valence-electron chi connectivity index (χ0n) is 22.6. The minimum absolute atomic E-state index is 0. The molecule has 0 amide bonds. The van der Waals surface area contributed by atoms with E-state index in [0.717, 1.165) is 61.5 Å². The Balaban J connectivity index is 0.00000337. The van der Waals surface area contributed by atoms with Crippen LogP contribution in [-0.2, 0) is 21.1 Å². The number of nitrogens with zero attached hydrogens (tertiary/aromatic N) is 3. The van der Waals surface area contributed by atoms with Gasteiger partial charge in [-0.2, -0.15) is 0 Å². The van der Waals surface area contributed by atoms with E-state index in [0.29, 0.717) is 0 Å². The Morgan fingerprint density at radius 2 is 1.29 bits per heavy atom. The van der Waals surface area contributed by atoms with Gasteiger partial charge in [0.1, 0.15) is 0 Å². The van der Waals surface area contributed by atoms with Gasteiger partial charge in [0.25, 0.3) is 0 Å². The molecule has 0 aliphatic rings. The van der Waals surface area contributed by atoms with Crippen LogP contribution in [0.15, 0.2) is 134 Å². The van der Waals surface area contributed by atoms with Crippen LogP contribution in [0.2, 0.25) is 0 Å². The second-order valence-electron chi connectivity index (χ2n) is 9.51. The van der Waals surface area contributed by atoms with Crippen molar-refractivity contribution in [2.24, 2.45) is 0 Å². The molecule has 0 atom stereocenters. The molecule has 4 heteroatoms. The minimum Gasteiger partial charge on any atom is -0.346 e. The van der Waals surface area contributed by atoms with E-state index in [1.807, 2.05) is 67.0 Å². The number of fused-ring (bicyclic) bond motifs is 1. The van der Waals surface area contributed by atoms with Crippen molar-refractivity contribution in [1.82, 2.24) is 9.97 Å². The third-order valence-electron chi connectivity index (χ3n) is 6.80. The van der Waals surface area contributed by atoms with Gasteiger partial charge in [0, 0.05) is 18.1 Å². The van der Waals surface area contributed by atoms with Gasteiger partial charge in [0.15, 0.2) is 0 Å². The van der Waals surface area contributed by atoms with Gasteiger partial charge < -0.3 is 14.9 Å². The summed E-state index contributed by atoms with van der Waals surface area (Å²) in [5, 5.41) is 2.27. The van der Waals surface area contributed by atoms with E-state index in [1.54, 1.807) is 6.08 Å². The van der Waals surface area contributed by atoms with Crippen LogP contribution >= 0.6 is 0 Å². The molecule has 2 heterocycles. The monoisotopic (exact) mass is 708 g/mol. The number of benzene rings is 4. The number of aromatic nitrogens is 2. The van der Waals surface area contributed by atoms with Crippen LogP contribution in [-0.4, -0.2) is 9.97 Å². The first kappa shape index (κ1) is 28.0. The van der Waals surface area contributed by atoms with Crippen LogP contribution < -0.4 is 4.90 Å². The van der Waals surface area contributed by atoms with E-state index < -0.39 is 0 Å². The number of allylic oxidation sites excluding steroid dienone is 2. The average molecular weight is 709 g/mol. The van der Waals surface area contributed by atoms with Crippen LogP contribution in [0.5, 0.6) is 0 Å². The van der Waals surface area contributed by atoms with Crippen LogP contribution in [0, 0.1) is 19.1 Å². The summed E-state index contributed by atoms with van der Waals surface area (Å²) >= 11 is 0. The number of hydrogen-bond donors (Lipinski definition) is 0. The average Bonchev–Trinajstić information content (AvgIpc) is 3.01. The van der Waals surface area contributed by atoms with Gasteiger partial charge in [0.2, 0.25) is 0 Å². The Kier molecular flexibility index (Phi) is 8.67. The van der Waals surface area contributed by atoms with Crippen molar-refractivity contribution >= 4 is 33.9 Å². The molecule has 6 rings (SSSR count). The molecule has 0 saturated carbocycles. The summed E-state index contributed by atoms with van der Waals surface area (Å²) in [6, 6.07) is 42.4. The molecule has 41 heavy (non-hydrogen) atoms. The Hall–Kier alpha value is -4.59. The van der Waals surface area contributed by atoms with Crippen molar-refractivity contribution in [2.75, 3.05) is 4.90 Å². The van der Waals surface area contributed by atoms with E-state index >= 15 is 0 Å². The van der Waals surface area contributed by atoms with Crippen molar-refractivity contribution in [3.05, 3.63) is 158 Å². The zero-order valence-corrected chi connectivity index (χ0v) is 24.8. The Labute approximate surface area is 255 Å². The van der Waals surface area contributed by atoms with Gasteiger partial charge in [-0.05, 0) is 63.7 Å². The van der Waals surface area contributed by atoms with Crippen LogP contribution in [0.4, 0.5) is 17.1 Å². The van der Waals surface area contributed by atoms with Crippen LogP contribution in [0.3, 0.4) is 0 Å². The van der Waals surface area contributed by atoms with Gasteiger partial charge in [-0.15, -0.1) is 59.7 Å². The third-order valence-corrected chi connectivity index (χ3v) is 6.80. The fourth-order valence-corrected chi connectivity index (χ4v) is 4.75. The third kappa shape index (κ3) is 6.11. The fraction of sp³-hybridized carbons (Fsp3) is 0.0270. The molecular formula is C37H27N3Pt. The number of para-hydroxylation sites is 1. The summed E-state index contributed by atoms with van der Waals surface area (Å²) in [7, 11) is 0. The second kappa shape index (κ2) is 12.7. The largest absolute Gasteiger partial charge is 2.00 e. The fourth-order valence-electron chi connectivity index (χ4n) is 4.75. The normalized spacial score (nSPS) is 10.9. The Morgan fingerprint density at radius 3 is 1.95 bits per heavy atom. The van der Waals surface area contributed by atoms with Gasteiger partial charge in [0.05, 0.1) is 0 Å². The van der Waals surface area contributed by atoms with Crippen molar-refractivity contribution in [3.63, 3.8) is 0 Å². The summed E-state index contributed by atoms with van der Waals surface area (Å²) in [5.74, 6) is 0. The summed E-state index contributed by atoms with van der Waals surface area (Å²) in [6.07, 6.45) is 9.53. The first-order valence-electron chi connectivity index (χ1n) is 13.2. The zero-order chi connectivity index (χ0) is 27.3. The molecule has 6 aromatic rings. The van der Waals surface area contributed by atoms with E-state index in [1.165, 1.54) is 0 Å². The summed E-state index contributed by atoms with van der Waals surface area (Å²) in [4.78, 5) is 11.6. The Bertz CT molecular complexity index is 1840. The Morgan fingerprint density at radius 1 is 0.683 bits per heavy atom. The molecule has 0 unspecified atom stereocenters. The molecule has 0 fully saturated rings. The van der Waals surface area contributed by atoms with Crippen molar-refractivity contribution in [1.29, 1.82) is 0 Å². The predicted molar refractivity (Wildman–Crippen MR) is 167 cm³/mol. The topological polar surface area (TPSA) is 29.0 Å². The molecule has 0 spiro atoms. The number of rotatable bonds is 7. The molecule has 3 nitrogen and oxygen atoms in total. The van der Waals surface area contributed by atoms with Gasteiger partial charge in [-0.1, -0.05) is 79.4 Å².